The number of rotatable bonds is 2. The molecule has 80 valence electrons. The first-order chi connectivity index (χ1) is 7.25. The smallest absolute Gasteiger partial charge is 0.319 e. The fourth-order valence-electron chi connectivity index (χ4n) is 1.46. The molecule has 1 aromatic rings. The van der Waals surface area contributed by atoms with Gasteiger partial charge in [0.25, 0.3) is 0 Å². The SMILES string of the molecule is O=C(Nc1ccccc1Br)NC1CCC1. The van der Waals surface area contributed by atoms with E-state index in [9.17, 15) is 4.79 Å². The van der Waals surface area contributed by atoms with Crippen molar-refractivity contribution < 1.29 is 4.79 Å². The molecular formula is C11H13BrN2O. The molecule has 0 atom stereocenters. The number of nitrogens with one attached hydrogen (secondary N) is 2. The molecule has 0 radical (unpaired) electrons. The molecule has 0 bridgehead atoms. The topological polar surface area (TPSA) is 41.1 Å². The summed E-state index contributed by atoms with van der Waals surface area (Å²) >= 11 is 3.38. The van der Waals surface area contributed by atoms with Crippen LogP contribution in [0, 0.1) is 0 Å². The van der Waals surface area contributed by atoms with Crippen LogP contribution in [-0.2, 0) is 0 Å². The Morgan fingerprint density at radius 3 is 2.67 bits per heavy atom. The number of urea groups is 1. The Labute approximate surface area is 97.4 Å². The van der Waals surface area contributed by atoms with Gasteiger partial charge in [0, 0.05) is 10.5 Å². The summed E-state index contributed by atoms with van der Waals surface area (Å²) in [4.78, 5) is 11.5. The average Bonchev–Trinajstić information content (AvgIpc) is 2.16. The molecule has 3 nitrogen and oxygen atoms in total. The van der Waals surface area contributed by atoms with Crippen molar-refractivity contribution >= 4 is 27.6 Å². The van der Waals surface area contributed by atoms with Gasteiger partial charge in [-0.2, -0.15) is 0 Å². The van der Waals surface area contributed by atoms with Crippen LogP contribution in [0.2, 0.25) is 0 Å². The van der Waals surface area contributed by atoms with Gasteiger partial charge in [-0.1, -0.05) is 12.1 Å². The number of amides is 2. The number of halogens is 1. The van der Waals surface area contributed by atoms with Crippen molar-refractivity contribution in [1.29, 1.82) is 0 Å². The van der Waals surface area contributed by atoms with E-state index < -0.39 is 0 Å². The quantitative estimate of drug-likeness (QED) is 0.850. The van der Waals surface area contributed by atoms with Crippen molar-refractivity contribution in [3.8, 4) is 0 Å². The summed E-state index contributed by atoms with van der Waals surface area (Å²) in [6.45, 7) is 0. The van der Waals surface area contributed by atoms with E-state index in [-0.39, 0.29) is 6.03 Å². The van der Waals surface area contributed by atoms with E-state index in [2.05, 4.69) is 26.6 Å². The summed E-state index contributed by atoms with van der Waals surface area (Å²) in [5, 5.41) is 5.73. The fraction of sp³-hybridized carbons (Fsp3) is 0.364. The van der Waals surface area contributed by atoms with Crippen molar-refractivity contribution in [2.24, 2.45) is 0 Å². The normalized spacial score (nSPS) is 15.5. The molecule has 4 heteroatoms. The van der Waals surface area contributed by atoms with Crippen LogP contribution >= 0.6 is 15.9 Å². The Hall–Kier alpha value is -1.03. The van der Waals surface area contributed by atoms with E-state index in [0.29, 0.717) is 6.04 Å². The molecule has 1 fully saturated rings. The highest BCUT2D eigenvalue weighted by Gasteiger charge is 2.19. The molecule has 0 heterocycles. The second kappa shape index (κ2) is 4.66. The molecule has 15 heavy (non-hydrogen) atoms. The molecule has 2 amide bonds. The van der Waals surface area contributed by atoms with Gasteiger partial charge >= 0.3 is 6.03 Å². The number of para-hydroxylation sites is 1. The van der Waals surface area contributed by atoms with Crippen molar-refractivity contribution in [3.05, 3.63) is 28.7 Å². The summed E-state index contributed by atoms with van der Waals surface area (Å²) in [6.07, 6.45) is 3.42. The van der Waals surface area contributed by atoms with Crippen LogP contribution in [0.1, 0.15) is 19.3 Å². The first-order valence-corrected chi connectivity index (χ1v) is 5.87. The first-order valence-electron chi connectivity index (χ1n) is 5.08. The lowest BCUT2D eigenvalue weighted by Gasteiger charge is -2.26. The zero-order valence-corrected chi connectivity index (χ0v) is 9.88. The minimum absolute atomic E-state index is 0.119. The van der Waals surface area contributed by atoms with Crippen LogP contribution in [-0.4, -0.2) is 12.1 Å². The van der Waals surface area contributed by atoms with Gasteiger partial charge in [0.15, 0.2) is 0 Å². The first kappa shape index (κ1) is 10.5. The van der Waals surface area contributed by atoms with Crippen LogP contribution < -0.4 is 10.6 Å². The highest BCUT2D eigenvalue weighted by Crippen LogP contribution is 2.22. The van der Waals surface area contributed by atoms with Gasteiger partial charge in [-0.05, 0) is 47.3 Å². The summed E-state index contributed by atoms with van der Waals surface area (Å²) in [7, 11) is 0. The molecule has 0 aliphatic heterocycles. The van der Waals surface area contributed by atoms with E-state index in [4.69, 9.17) is 0 Å². The Bertz CT molecular complexity index is 363. The molecule has 0 saturated heterocycles. The van der Waals surface area contributed by atoms with E-state index in [1.165, 1.54) is 6.42 Å². The molecule has 1 aromatic carbocycles. The monoisotopic (exact) mass is 268 g/mol. The third-order valence-electron chi connectivity index (χ3n) is 2.56. The van der Waals surface area contributed by atoms with Gasteiger partial charge in [-0.15, -0.1) is 0 Å². The summed E-state index contributed by atoms with van der Waals surface area (Å²) in [5.74, 6) is 0. The number of benzene rings is 1. The molecule has 2 rings (SSSR count). The lowest BCUT2D eigenvalue weighted by molar-refractivity contribution is 0.240. The molecular weight excluding hydrogens is 256 g/mol. The third kappa shape index (κ3) is 2.72. The van der Waals surface area contributed by atoms with Crippen molar-refractivity contribution in [1.82, 2.24) is 5.32 Å². The van der Waals surface area contributed by atoms with Gasteiger partial charge in [0.1, 0.15) is 0 Å². The van der Waals surface area contributed by atoms with Gasteiger partial charge in [-0.3, -0.25) is 0 Å². The number of carbonyl (C=O) groups is 1. The zero-order chi connectivity index (χ0) is 10.7. The zero-order valence-electron chi connectivity index (χ0n) is 8.29. The Kier molecular flexibility index (Phi) is 3.26. The lowest BCUT2D eigenvalue weighted by Crippen LogP contribution is -2.41. The van der Waals surface area contributed by atoms with Crippen LogP contribution in [0.3, 0.4) is 0 Å². The number of carbonyl (C=O) groups excluding carboxylic acids is 1. The predicted octanol–water partition coefficient (Wildman–Crippen LogP) is 3.12. The Morgan fingerprint density at radius 2 is 2.07 bits per heavy atom. The van der Waals surface area contributed by atoms with Crippen LogP contribution in [0.25, 0.3) is 0 Å². The summed E-state index contributed by atoms with van der Waals surface area (Å²) in [5.41, 5.74) is 0.800. The Balaban J connectivity index is 1.90. The molecule has 0 spiro atoms. The maximum atomic E-state index is 11.5. The molecule has 1 aliphatic carbocycles. The van der Waals surface area contributed by atoms with Crippen LogP contribution in [0.15, 0.2) is 28.7 Å². The highest BCUT2D eigenvalue weighted by atomic mass is 79.9. The summed E-state index contributed by atoms with van der Waals surface area (Å²) < 4.78 is 0.897. The molecule has 1 saturated carbocycles. The molecule has 2 N–H and O–H groups in total. The lowest BCUT2D eigenvalue weighted by atomic mass is 9.93. The predicted molar refractivity (Wildman–Crippen MR) is 63.9 cm³/mol. The molecule has 0 aromatic heterocycles. The Morgan fingerprint density at radius 1 is 1.33 bits per heavy atom. The van der Waals surface area contributed by atoms with Crippen molar-refractivity contribution in [3.63, 3.8) is 0 Å². The van der Waals surface area contributed by atoms with Gasteiger partial charge in [-0.25, -0.2) is 4.79 Å². The van der Waals surface area contributed by atoms with Crippen LogP contribution in [0.5, 0.6) is 0 Å². The largest absolute Gasteiger partial charge is 0.335 e. The standard InChI is InChI=1S/C11H13BrN2O/c12-9-6-1-2-7-10(9)14-11(15)13-8-4-3-5-8/h1-2,6-8H,3-5H2,(H2,13,14,15). The average molecular weight is 269 g/mol. The number of hydrogen-bond donors (Lipinski definition) is 2. The number of anilines is 1. The fourth-order valence-corrected chi connectivity index (χ4v) is 1.84. The maximum absolute atomic E-state index is 11.5. The molecule has 1 aliphatic rings. The van der Waals surface area contributed by atoms with E-state index in [1.54, 1.807) is 0 Å². The number of hydrogen-bond acceptors (Lipinski definition) is 1. The molecule has 0 unspecified atom stereocenters. The summed E-state index contributed by atoms with van der Waals surface area (Å²) in [6, 6.07) is 7.82. The minimum atomic E-state index is -0.119. The van der Waals surface area contributed by atoms with E-state index >= 15 is 0 Å². The van der Waals surface area contributed by atoms with Gasteiger partial charge < -0.3 is 10.6 Å². The van der Waals surface area contributed by atoms with E-state index in [1.807, 2.05) is 24.3 Å². The maximum Gasteiger partial charge on any atom is 0.319 e. The van der Waals surface area contributed by atoms with Crippen molar-refractivity contribution in [2.45, 2.75) is 25.3 Å². The third-order valence-corrected chi connectivity index (χ3v) is 3.25. The second-order valence-corrected chi connectivity index (χ2v) is 4.56. The van der Waals surface area contributed by atoms with Crippen LogP contribution in [0.4, 0.5) is 10.5 Å². The van der Waals surface area contributed by atoms with Crippen molar-refractivity contribution in [2.75, 3.05) is 5.32 Å². The van der Waals surface area contributed by atoms with Gasteiger partial charge in [0.2, 0.25) is 0 Å². The second-order valence-electron chi connectivity index (χ2n) is 3.71. The van der Waals surface area contributed by atoms with Gasteiger partial charge in [0.05, 0.1) is 5.69 Å². The van der Waals surface area contributed by atoms with E-state index in [0.717, 1.165) is 23.0 Å². The highest BCUT2D eigenvalue weighted by molar-refractivity contribution is 9.10. The minimum Gasteiger partial charge on any atom is -0.335 e.